The molecule has 5 nitrogen and oxygen atoms in total. The third-order valence-corrected chi connectivity index (χ3v) is 5.22. The minimum Gasteiger partial charge on any atom is -0.354 e. The van der Waals surface area contributed by atoms with Crippen molar-refractivity contribution < 1.29 is 9.59 Å². The van der Waals surface area contributed by atoms with Gasteiger partial charge in [0.1, 0.15) is 6.04 Å². The van der Waals surface area contributed by atoms with Gasteiger partial charge in [-0.1, -0.05) is 12.8 Å². The maximum atomic E-state index is 12.7. The molecule has 1 aliphatic heterocycles. The smallest absolute Gasteiger partial charge is 0.243 e. The summed E-state index contributed by atoms with van der Waals surface area (Å²) in [4.78, 5) is 31.1. The summed E-state index contributed by atoms with van der Waals surface area (Å²) in [6, 6.07) is 3.70. The number of hydrogen-bond donors (Lipinski definition) is 1. The first kappa shape index (κ1) is 16.0. The van der Waals surface area contributed by atoms with E-state index in [2.05, 4.69) is 10.3 Å². The summed E-state index contributed by atoms with van der Waals surface area (Å²) in [5.41, 5.74) is 0.742. The van der Waals surface area contributed by atoms with Crippen molar-refractivity contribution in [3.05, 3.63) is 30.1 Å². The second-order valence-corrected chi connectivity index (χ2v) is 6.97. The summed E-state index contributed by atoms with van der Waals surface area (Å²) in [6.07, 6.45) is 8.13. The van der Waals surface area contributed by atoms with Crippen molar-refractivity contribution in [2.24, 2.45) is 5.41 Å². The van der Waals surface area contributed by atoms with Gasteiger partial charge in [0.15, 0.2) is 0 Å². The number of carbonyl (C=O) groups is 2. The van der Waals surface area contributed by atoms with Crippen LogP contribution >= 0.6 is 0 Å². The molecular weight excluding hydrogens is 290 g/mol. The molecule has 2 fully saturated rings. The van der Waals surface area contributed by atoms with E-state index in [-0.39, 0.29) is 23.9 Å². The van der Waals surface area contributed by atoms with Crippen molar-refractivity contribution >= 4 is 11.8 Å². The minimum absolute atomic E-state index is 0.00857. The Morgan fingerprint density at radius 2 is 2.00 bits per heavy atom. The molecule has 1 N–H and O–H groups in total. The van der Waals surface area contributed by atoms with Crippen LogP contribution in [0.2, 0.25) is 0 Å². The molecule has 3 rings (SSSR count). The normalized spacial score (nSPS) is 22.5. The van der Waals surface area contributed by atoms with E-state index in [1.165, 1.54) is 0 Å². The van der Waals surface area contributed by atoms with Crippen LogP contribution < -0.4 is 5.32 Å². The first-order chi connectivity index (χ1) is 11.1. The molecule has 5 heteroatoms. The first-order valence-electron chi connectivity index (χ1n) is 8.55. The number of rotatable bonds is 5. The molecule has 0 radical (unpaired) electrons. The third-order valence-electron chi connectivity index (χ3n) is 5.22. The Hall–Kier alpha value is -1.91. The fraction of sp³-hybridized carbons (Fsp3) is 0.611. The number of amides is 2. The number of likely N-dealkylation sites (tertiary alicyclic amines) is 1. The summed E-state index contributed by atoms with van der Waals surface area (Å²) in [6.45, 7) is 4.56. The van der Waals surface area contributed by atoms with Crippen molar-refractivity contribution in [1.29, 1.82) is 0 Å². The highest BCUT2D eigenvalue weighted by Gasteiger charge is 2.64. The van der Waals surface area contributed by atoms with Gasteiger partial charge in [-0.15, -0.1) is 0 Å². The lowest BCUT2D eigenvalue weighted by Crippen LogP contribution is -2.74. The van der Waals surface area contributed by atoms with Crippen LogP contribution in [0.5, 0.6) is 0 Å². The lowest BCUT2D eigenvalue weighted by molar-refractivity contribution is -0.181. The van der Waals surface area contributed by atoms with Crippen LogP contribution in [-0.2, 0) is 16.0 Å². The highest BCUT2D eigenvalue weighted by molar-refractivity contribution is 6.02. The third kappa shape index (κ3) is 2.73. The van der Waals surface area contributed by atoms with Gasteiger partial charge in [-0.25, -0.2) is 0 Å². The van der Waals surface area contributed by atoms with Crippen LogP contribution in [0.4, 0.5) is 0 Å². The van der Waals surface area contributed by atoms with E-state index < -0.39 is 5.41 Å². The lowest BCUT2D eigenvalue weighted by atomic mass is 9.68. The van der Waals surface area contributed by atoms with Crippen molar-refractivity contribution in [2.75, 3.05) is 6.54 Å². The Labute approximate surface area is 137 Å². The Morgan fingerprint density at radius 1 is 1.35 bits per heavy atom. The highest BCUT2D eigenvalue weighted by Crippen LogP contribution is 2.52. The number of aromatic nitrogens is 1. The second kappa shape index (κ2) is 6.30. The molecule has 0 aromatic carbocycles. The van der Waals surface area contributed by atoms with Gasteiger partial charge in [0, 0.05) is 25.0 Å². The first-order valence-corrected chi connectivity index (χ1v) is 8.55. The van der Waals surface area contributed by atoms with Gasteiger partial charge >= 0.3 is 0 Å². The van der Waals surface area contributed by atoms with Gasteiger partial charge in [0.05, 0.1) is 5.41 Å². The maximum Gasteiger partial charge on any atom is 0.243 e. The van der Waals surface area contributed by atoms with Gasteiger partial charge in [-0.2, -0.15) is 0 Å². The zero-order valence-corrected chi connectivity index (χ0v) is 13.9. The monoisotopic (exact) mass is 315 g/mol. The van der Waals surface area contributed by atoms with Crippen LogP contribution in [0.1, 0.15) is 45.1 Å². The predicted molar refractivity (Wildman–Crippen MR) is 87.6 cm³/mol. The Balaban J connectivity index is 1.63. The molecule has 1 atom stereocenters. The quantitative estimate of drug-likeness (QED) is 0.845. The molecule has 1 saturated carbocycles. The van der Waals surface area contributed by atoms with Gasteiger partial charge < -0.3 is 10.2 Å². The summed E-state index contributed by atoms with van der Waals surface area (Å²) < 4.78 is 0. The van der Waals surface area contributed by atoms with E-state index in [1.807, 2.05) is 26.0 Å². The number of pyridine rings is 1. The van der Waals surface area contributed by atoms with Crippen LogP contribution in [0.3, 0.4) is 0 Å². The Kier molecular flexibility index (Phi) is 4.37. The molecular formula is C18H25N3O2. The number of nitrogens with one attached hydrogen (secondary N) is 1. The summed E-state index contributed by atoms with van der Waals surface area (Å²) in [7, 11) is 0. The van der Waals surface area contributed by atoms with Crippen LogP contribution in [0.15, 0.2) is 24.5 Å². The van der Waals surface area contributed by atoms with Crippen LogP contribution in [-0.4, -0.2) is 40.3 Å². The van der Waals surface area contributed by atoms with E-state index in [4.69, 9.17) is 0 Å². The zero-order chi connectivity index (χ0) is 16.4. The second-order valence-electron chi connectivity index (χ2n) is 6.97. The topological polar surface area (TPSA) is 62.3 Å². The number of carbonyl (C=O) groups excluding carboxylic acids is 2. The van der Waals surface area contributed by atoms with E-state index in [1.54, 1.807) is 17.3 Å². The molecule has 2 amide bonds. The maximum absolute atomic E-state index is 12.7. The number of hydrogen-bond acceptors (Lipinski definition) is 3. The molecule has 1 aliphatic carbocycles. The largest absolute Gasteiger partial charge is 0.354 e. The van der Waals surface area contributed by atoms with Crippen molar-refractivity contribution in [3.8, 4) is 0 Å². The SMILES string of the molecule is CC(C)N1C(=O)C2(CCCC2)C1C(=O)NCCc1ccncc1. The molecule has 1 aromatic heterocycles. The lowest BCUT2D eigenvalue weighted by Gasteiger charge is -2.55. The van der Waals surface area contributed by atoms with Gasteiger partial charge in [0.25, 0.3) is 0 Å². The van der Waals surface area contributed by atoms with E-state index in [9.17, 15) is 9.59 Å². The molecule has 2 aliphatic rings. The van der Waals surface area contributed by atoms with Crippen LogP contribution in [0.25, 0.3) is 0 Å². The zero-order valence-electron chi connectivity index (χ0n) is 13.9. The predicted octanol–water partition coefficient (Wildman–Crippen LogP) is 1.92. The van der Waals surface area contributed by atoms with Crippen molar-refractivity contribution in [3.63, 3.8) is 0 Å². The Bertz CT molecular complexity index is 579. The number of β-lactam (4-membered cyclic amide) rings is 1. The molecule has 124 valence electrons. The molecule has 0 bridgehead atoms. The fourth-order valence-electron chi connectivity index (χ4n) is 4.07. The van der Waals surface area contributed by atoms with Crippen molar-refractivity contribution in [2.45, 2.75) is 58.0 Å². The molecule has 1 saturated heterocycles. The summed E-state index contributed by atoms with van der Waals surface area (Å²) in [5, 5.41) is 3.04. The summed E-state index contributed by atoms with van der Waals surface area (Å²) >= 11 is 0. The average molecular weight is 315 g/mol. The highest BCUT2D eigenvalue weighted by atomic mass is 16.2. The molecule has 1 aromatic rings. The average Bonchev–Trinajstić information content (AvgIpc) is 3.04. The fourth-order valence-corrected chi connectivity index (χ4v) is 4.07. The van der Waals surface area contributed by atoms with Crippen LogP contribution in [0, 0.1) is 5.41 Å². The standard InChI is InChI=1S/C18H25N3O2/c1-13(2)21-15(18(17(21)23)8-3-4-9-18)16(22)20-12-7-14-5-10-19-11-6-14/h5-6,10-11,13,15H,3-4,7-9,12H2,1-2H3,(H,20,22). The molecule has 2 heterocycles. The van der Waals surface area contributed by atoms with Gasteiger partial charge in [0.2, 0.25) is 11.8 Å². The minimum atomic E-state index is -0.412. The van der Waals surface area contributed by atoms with E-state index >= 15 is 0 Å². The van der Waals surface area contributed by atoms with Gasteiger partial charge in [-0.05, 0) is 50.8 Å². The van der Waals surface area contributed by atoms with E-state index in [0.29, 0.717) is 6.54 Å². The summed E-state index contributed by atoms with van der Waals surface area (Å²) in [5.74, 6) is 0.188. The Morgan fingerprint density at radius 3 is 2.61 bits per heavy atom. The van der Waals surface area contributed by atoms with Crippen molar-refractivity contribution in [1.82, 2.24) is 15.2 Å². The molecule has 1 unspecified atom stereocenters. The van der Waals surface area contributed by atoms with E-state index in [0.717, 1.165) is 37.7 Å². The molecule has 23 heavy (non-hydrogen) atoms. The molecule has 1 spiro atoms. The number of nitrogens with zero attached hydrogens (tertiary/aromatic N) is 2. The van der Waals surface area contributed by atoms with Gasteiger partial charge in [-0.3, -0.25) is 14.6 Å².